The SMILES string of the molecule is CC(C)(C)Oc1cc2c(cc1F)C(=O)N(C1CCC(=O)NC1=O)C2. The predicted octanol–water partition coefficient (Wildman–Crippen LogP) is 1.76. The highest BCUT2D eigenvalue weighted by Crippen LogP contribution is 2.33. The lowest BCUT2D eigenvalue weighted by atomic mass is 10.0. The van der Waals surface area contributed by atoms with Crippen molar-refractivity contribution in [2.24, 2.45) is 0 Å². The molecule has 1 unspecified atom stereocenters. The number of nitrogens with one attached hydrogen (secondary N) is 1. The van der Waals surface area contributed by atoms with E-state index in [-0.39, 0.29) is 36.6 Å². The van der Waals surface area contributed by atoms with E-state index in [9.17, 15) is 18.8 Å². The van der Waals surface area contributed by atoms with Crippen LogP contribution in [-0.2, 0) is 16.1 Å². The van der Waals surface area contributed by atoms with Crippen molar-refractivity contribution in [3.63, 3.8) is 0 Å². The van der Waals surface area contributed by atoms with E-state index in [2.05, 4.69) is 5.32 Å². The molecular formula is C17H19FN2O4. The van der Waals surface area contributed by atoms with E-state index in [0.717, 1.165) is 6.07 Å². The molecule has 3 rings (SSSR count). The van der Waals surface area contributed by atoms with Gasteiger partial charge in [0.05, 0.1) is 0 Å². The summed E-state index contributed by atoms with van der Waals surface area (Å²) in [5.74, 6) is -1.76. The fraction of sp³-hybridized carbons (Fsp3) is 0.471. The molecule has 0 spiro atoms. The monoisotopic (exact) mass is 334 g/mol. The summed E-state index contributed by atoms with van der Waals surface area (Å²) < 4.78 is 19.8. The molecular weight excluding hydrogens is 315 g/mol. The Hall–Kier alpha value is -2.44. The molecule has 0 saturated carbocycles. The summed E-state index contributed by atoms with van der Waals surface area (Å²) in [6, 6.07) is 1.96. The molecule has 1 aromatic rings. The molecule has 0 radical (unpaired) electrons. The molecule has 1 aromatic carbocycles. The van der Waals surface area contributed by atoms with Gasteiger partial charge in [-0.25, -0.2) is 4.39 Å². The first-order valence-electron chi connectivity index (χ1n) is 7.82. The number of piperidine rings is 1. The van der Waals surface area contributed by atoms with Crippen LogP contribution in [0.1, 0.15) is 49.5 Å². The molecule has 3 amide bonds. The van der Waals surface area contributed by atoms with Crippen LogP contribution in [0.25, 0.3) is 0 Å². The molecule has 2 heterocycles. The van der Waals surface area contributed by atoms with Gasteiger partial charge in [0, 0.05) is 18.5 Å². The summed E-state index contributed by atoms with van der Waals surface area (Å²) in [4.78, 5) is 37.1. The number of amides is 3. The Balaban J connectivity index is 1.87. The molecule has 0 bridgehead atoms. The minimum atomic E-state index is -0.711. The van der Waals surface area contributed by atoms with Gasteiger partial charge in [0.2, 0.25) is 11.8 Å². The number of fused-ring (bicyclic) bond motifs is 1. The molecule has 1 atom stereocenters. The van der Waals surface area contributed by atoms with Crippen molar-refractivity contribution in [1.82, 2.24) is 10.2 Å². The number of rotatable bonds is 2. The Kier molecular flexibility index (Phi) is 3.81. The molecule has 2 aliphatic heterocycles. The van der Waals surface area contributed by atoms with Gasteiger partial charge in [-0.2, -0.15) is 0 Å². The molecule has 0 aromatic heterocycles. The molecule has 1 fully saturated rings. The maximum absolute atomic E-state index is 14.2. The van der Waals surface area contributed by atoms with Crippen LogP contribution in [-0.4, -0.2) is 34.3 Å². The highest BCUT2D eigenvalue weighted by Gasteiger charge is 2.39. The van der Waals surface area contributed by atoms with Crippen LogP contribution in [0.3, 0.4) is 0 Å². The van der Waals surface area contributed by atoms with Gasteiger partial charge in [0.1, 0.15) is 11.6 Å². The summed E-state index contributed by atoms with van der Waals surface area (Å²) >= 11 is 0. The van der Waals surface area contributed by atoms with E-state index in [0.29, 0.717) is 5.56 Å². The third-order valence-electron chi connectivity index (χ3n) is 3.99. The molecule has 1 N–H and O–H groups in total. The summed E-state index contributed by atoms with van der Waals surface area (Å²) in [6.45, 7) is 5.61. The Labute approximate surface area is 139 Å². The Bertz CT molecular complexity index is 739. The topological polar surface area (TPSA) is 75.7 Å². The Morgan fingerprint density at radius 2 is 1.96 bits per heavy atom. The number of carbonyl (C=O) groups is 3. The Morgan fingerprint density at radius 3 is 2.58 bits per heavy atom. The lowest BCUT2D eigenvalue weighted by molar-refractivity contribution is -0.136. The molecule has 128 valence electrons. The first-order valence-corrected chi connectivity index (χ1v) is 7.82. The van der Waals surface area contributed by atoms with Gasteiger partial charge in [0.25, 0.3) is 5.91 Å². The van der Waals surface area contributed by atoms with Gasteiger partial charge in [-0.1, -0.05) is 0 Å². The van der Waals surface area contributed by atoms with Gasteiger partial charge in [0.15, 0.2) is 11.6 Å². The van der Waals surface area contributed by atoms with E-state index < -0.39 is 29.3 Å². The first kappa shape index (κ1) is 16.4. The maximum atomic E-state index is 14.2. The van der Waals surface area contributed by atoms with E-state index in [1.54, 1.807) is 20.8 Å². The quantitative estimate of drug-likeness (QED) is 0.836. The second-order valence-electron chi connectivity index (χ2n) is 7.05. The fourth-order valence-corrected chi connectivity index (χ4v) is 2.97. The van der Waals surface area contributed by atoms with Crippen molar-refractivity contribution in [1.29, 1.82) is 0 Å². The average molecular weight is 334 g/mol. The maximum Gasteiger partial charge on any atom is 0.255 e. The van der Waals surface area contributed by atoms with E-state index in [4.69, 9.17) is 4.74 Å². The van der Waals surface area contributed by atoms with Crippen molar-refractivity contribution < 1.29 is 23.5 Å². The zero-order valence-electron chi connectivity index (χ0n) is 13.8. The molecule has 24 heavy (non-hydrogen) atoms. The van der Waals surface area contributed by atoms with E-state index in [1.165, 1.54) is 11.0 Å². The third-order valence-corrected chi connectivity index (χ3v) is 3.99. The van der Waals surface area contributed by atoms with Gasteiger partial charge >= 0.3 is 0 Å². The lowest BCUT2D eigenvalue weighted by Crippen LogP contribution is -2.52. The third kappa shape index (κ3) is 2.98. The molecule has 2 aliphatic rings. The molecule has 6 nitrogen and oxygen atoms in total. The van der Waals surface area contributed by atoms with Crippen LogP contribution in [0.15, 0.2) is 12.1 Å². The number of halogens is 1. The van der Waals surface area contributed by atoms with Crippen LogP contribution >= 0.6 is 0 Å². The van der Waals surface area contributed by atoms with E-state index in [1.807, 2.05) is 0 Å². The van der Waals surface area contributed by atoms with Crippen molar-refractivity contribution in [2.75, 3.05) is 0 Å². The van der Waals surface area contributed by atoms with Crippen LogP contribution in [0, 0.1) is 5.82 Å². The second kappa shape index (κ2) is 5.58. The number of nitrogens with zero attached hydrogens (tertiary/aromatic N) is 1. The summed E-state index contributed by atoms with van der Waals surface area (Å²) in [5.41, 5.74) is 0.282. The van der Waals surface area contributed by atoms with Crippen molar-refractivity contribution in [3.05, 3.63) is 29.1 Å². The van der Waals surface area contributed by atoms with Crippen LogP contribution in [0.4, 0.5) is 4.39 Å². The van der Waals surface area contributed by atoms with Gasteiger partial charge in [-0.15, -0.1) is 0 Å². The normalized spacial score (nSPS) is 20.9. The number of ether oxygens (including phenoxy) is 1. The van der Waals surface area contributed by atoms with Crippen LogP contribution in [0.5, 0.6) is 5.75 Å². The number of hydrogen-bond donors (Lipinski definition) is 1. The predicted molar refractivity (Wildman–Crippen MR) is 82.8 cm³/mol. The zero-order valence-corrected chi connectivity index (χ0v) is 13.8. The average Bonchev–Trinajstić information content (AvgIpc) is 2.75. The van der Waals surface area contributed by atoms with Crippen LogP contribution in [0.2, 0.25) is 0 Å². The van der Waals surface area contributed by atoms with E-state index >= 15 is 0 Å². The smallest absolute Gasteiger partial charge is 0.255 e. The molecule has 7 heteroatoms. The second-order valence-corrected chi connectivity index (χ2v) is 7.05. The minimum Gasteiger partial charge on any atom is -0.485 e. The molecule has 1 saturated heterocycles. The minimum absolute atomic E-state index is 0.0826. The Morgan fingerprint density at radius 1 is 1.25 bits per heavy atom. The van der Waals surface area contributed by atoms with Gasteiger partial charge in [-0.05, 0) is 44.9 Å². The number of imide groups is 1. The first-order chi connectivity index (χ1) is 11.2. The number of hydrogen-bond acceptors (Lipinski definition) is 4. The van der Waals surface area contributed by atoms with Crippen molar-refractivity contribution >= 4 is 17.7 Å². The summed E-state index contributed by atoms with van der Waals surface area (Å²) in [6.07, 6.45) is 0.460. The van der Waals surface area contributed by atoms with Crippen molar-refractivity contribution in [3.8, 4) is 5.75 Å². The summed E-state index contributed by atoms with van der Waals surface area (Å²) in [5, 5.41) is 2.24. The number of benzene rings is 1. The standard InChI is InChI=1S/C17H19FN2O4/c1-17(2,3)24-13-6-9-8-20(16(23)10(9)7-11(13)18)12-4-5-14(21)19-15(12)22/h6-7,12H,4-5,8H2,1-3H3,(H,19,21,22). The number of carbonyl (C=O) groups excluding carboxylic acids is 3. The molecule has 0 aliphatic carbocycles. The highest BCUT2D eigenvalue weighted by molar-refractivity contribution is 6.05. The summed E-state index contributed by atoms with van der Waals surface area (Å²) in [7, 11) is 0. The largest absolute Gasteiger partial charge is 0.485 e. The van der Waals surface area contributed by atoms with Gasteiger partial charge < -0.3 is 9.64 Å². The van der Waals surface area contributed by atoms with Crippen molar-refractivity contribution in [2.45, 2.75) is 51.8 Å². The van der Waals surface area contributed by atoms with Gasteiger partial charge in [-0.3, -0.25) is 19.7 Å². The highest BCUT2D eigenvalue weighted by atomic mass is 19.1. The fourth-order valence-electron chi connectivity index (χ4n) is 2.97. The zero-order chi connectivity index (χ0) is 17.6. The lowest BCUT2D eigenvalue weighted by Gasteiger charge is -2.29. The van der Waals surface area contributed by atoms with Crippen LogP contribution < -0.4 is 10.1 Å².